The van der Waals surface area contributed by atoms with Crippen molar-refractivity contribution in [3.05, 3.63) is 35.9 Å². The van der Waals surface area contributed by atoms with Crippen LogP contribution in [0.3, 0.4) is 0 Å². The van der Waals surface area contributed by atoms with Crippen molar-refractivity contribution < 1.29 is 14.3 Å². The molecule has 1 aliphatic heterocycles. The average molecular weight is 316 g/mol. The van der Waals surface area contributed by atoms with Gasteiger partial charge in [-0.15, -0.1) is 0 Å². The van der Waals surface area contributed by atoms with E-state index in [9.17, 15) is 9.59 Å². The molecule has 5 heteroatoms. The van der Waals surface area contributed by atoms with Gasteiger partial charge in [0, 0.05) is 20.2 Å². The van der Waals surface area contributed by atoms with Crippen LogP contribution in [0.15, 0.2) is 30.3 Å². The molecule has 1 aromatic rings. The van der Waals surface area contributed by atoms with Gasteiger partial charge in [-0.1, -0.05) is 30.3 Å². The Morgan fingerprint density at radius 3 is 2.70 bits per heavy atom. The summed E-state index contributed by atoms with van der Waals surface area (Å²) in [6.45, 7) is 1.35. The van der Waals surface area contributed by atoms with Crippen molar-refractivity contribution in [2.24, 2.45) is 5.92 Å². The molecule has 2 atom stereocenters. The fourth-order valence-corrected chi connectivity index (χ4v) is 3.20. The molecule has 1 N–H and O–H groups in total. The van der Waals surface area contributed by atoms with Crippen molar-refractivity contribution >= 4 is 11.8 Å². The molecule has 2 amide bonds. The first-order chi connectivity index (χ1) is 11.2. The van der Waals surface area contributed by atoms with Crippen molar-refractivity contribution in [2.75, 3.05) is 13.7 Å². The summed E-state index contributed by atoms with van der Waals surface area (Å²) in [6.07, 6.45) is 3.27. The number of nitrogens with zero attached hydrogens (tertiary/aromatic N) is 1. The lowest BCUT2D eigenvalue weighted by Gasteiger charge is -2.33. The van der Waals surface area contributed by atoms with Gasteiger partial charge in [0.1, 0.15) is 12.1 Å². The smallest absolute Gasteiger partial charge is 0.250 e. The van der Waals surface area contributed by atoms with Crippen molar-refractivity contribution in [2.45, 2.75) is 44.4 Å². The summed E-state index contributed by atoms with van der Waals surface area (Å²) in [5, 5.41) is 2.90. The van der Waals surface area contributed by atoms with Gasteiger partial charge >= 0.3 is 0 Å². The van der Waals surface area contributed by atoms with Crippen molar-refractivity contribution in [1.29, 1.82) is 0 Å². The van der Waals surface area contributed by atoms with E-state index in [4.69, 9.17) is 4.74 Å². The van der Waals surface area contributed by atoms with Gasteiger partial charge in [0.25, 0.3) is 0 Å². The highest BCUT2D eigenvalue weighted by atomic mass is 16.5. The van der Waals surface area contributed by atoms with E-state index in [1.165, 1.54) is 0 Å². The molecule has 2 unspecified atom stereocenters. The van der Waals surface area contributed by atoms with Crippen LogP contribution in [0, 0.1) is 5.92 Å². The zero-order chi connectivity index (χ0) is 16.2. The number of ether oxygens (including phenoxy) is 1. The van der Waals surface area contributed by atoms with Crippen molar-refractivity contribution in [1.82, 2.24) is 10.2 Å². The second-order valence-corrected chi connectivity index (χ2v) is 6.44. The monoisotopic (exact) mass is 316 g/mol. The maximum Gasteiger partial charge on any atom is 0.250 e. The summed E-state index contributed by atoms with van der Waals surface area (Å²) in [6, 6.07) is 9.53. The van der Waals surface area contributed by atoms with Gasteiger partial charge in [-0.2, -0.15) is 0 Å². The predicted octanol–water partition coefficient (Wildman–Crippen LogP) is 1.72. The topological polar surface area (TPSA) is 58.6 Å². The van der Waals surface area contributed by atoms with Crippen LogP contribution in [0.4, 0.5) is 0 Å². The zero-order valence-corrected chi connectivity index (χ0v) is 13.5. The summed E-state index contributed by atoms with van der Waals surface area (Å²) in [4.78, 5) is 26.8. The molecule has 5 nitrogen and oxygen atoms in total. The third-order valence-electron chi connectivity index (χ3n) is 4.63. The number of methoxy groups -OCH3 is 1. The van der Waals surface area contributed by atoms with Gasteiger partial charge < -0.3 is 15.0 Å². The molecule has 1 aromatic carbocycles. The zero-order valence-electron chi connectivity index (χ0n) is 13.5. The standard InChI is InChI=1S/C18H24N2O3/c1-23-16(14-9-10-14)17(21)19-15-8-5-11-20(18(15)22)12-13-6-3-2-4-7-13/h2-4,6-7,14-16H,5,8-12H2,1H3,(H,19,21). The first-order valence-electron chi connectivity index (χ1n) is 8.35. The number of hydrogen-bond donors (Lipinski definition) is 1. The second kappa shape index (κ2) is 7.13. The minimum Gasteiger partial charge on any atom is -0.371 e. The molecular formula is C18H24N2O3. The maximum absolute atomic E-state index is 12.6. The fraction of sp³-hybridized carbons (Fsp3) is 0.556. The number of nitrogens with one attached hydrogen (secondary N) is 1. The van der Waals surface area contributed by atoms with E-state index in [1.54, 1.807) is 7.11 Å². The molecule has 0 radical (unpaired) electrons. The van der Waals surface area contributed by atoms with Crippen LogP contribution in [0.5, 0.6) is 0 Å². The normalized spacial score (nSPS) is 22.7. The minimum absolute atomic E-state index is 0.0131. The van der Waals surface area contributed by atoms with Crippen LogP contribution < -0.4 is 5.32 Å². The van der Waals surface area contributed by atoms with Gasteiger partial charge in [0.2, 0.25) is 11.8 Å². The minimum atomic E-state index is -0.420. The third-order valence-corrected chi connectivity index (χ3v) is 4.63. The van der Waals surface area contributed by atoms with E-state index in [0.29, 0.717) is 18.9 Å². The Balaban J connectivity index is 1.59. The number of amides is 2. The third kappa shape index (κ3) is 3.91. The van der Waals surface area contributed by atoms with Gasteiger partial charge in [-0.3, -0.25) is 9.59 Å². The van der Waals surface area contributed by atoms with Crippen LogP contribution in [0.25, 0.3) is 0 Å². The molecule has 1 aliphatic carbocycles. The Kier molecular flexibility index (Phi) is 4.96. The van der Waals surface area contributed by atoms with E-state index in [0.717, 1.165) is 31.4 Å². The molecule has 0 aromatic heterocycles. The van der Waals surface area contributed by atoms with Crippen LogP contribution >= 0.6 is 0 Å². The Morgan fingerprint density at radius 2 is 2.04 bits per heavy atom. The summed E-state index contributed by atoms with van der Waals surface area (Å²) in [5.41, 5.74) is 1.11. The molecule has 2 fully saturated rings. The molecule has 0 spiro atoms. The van der Waals surface area contributed by atoms with E-state index >= 15 is 0 Å². The molecule has 1 saturated carbocycles. The number of carbonyl (C=O) groups excluding carboxylic acids is 2. The van der Waals surface area contributed by atoms with Crippen molar-refractivity contribution in [3.8, 4) is 0 Å². The summed E-state index contributed by atoms with van der Waals surface area (Å²) >= 11 is 0. The molecule has 0 bridgehead atoms. The summed E-state index contributed by atoms with van der Waals surface area (Å²) < 4.78 is 5.30. The van der Waals surface area contributed by atoms with E-state index in [-0.39, 0.29) is 11.8 Å². The molecular weight excluding hydrogens is 292 g/mol. The highest BCUT2D eigenvalue weighted by molar-refractivity contribution is 5.90. The maximum atomic E-state index is 12.6. The van der Waals surface area contributed by atoms with Gasteiger partial charge in [0.15, 0.2) is 0 Å². The number of benzene rings is 1. The highest BCUT2D eigenvalue weighted by Crippen LogP contribution is 2.34. The second-order valence-electron chi connectivity index (χ2n) is 6.44. The lowest BCUT2D eigenvalue weighted by molar-refractivity contribution is -0.142. The first-order valence-corrected chi connectivity index (χ1v) is 8.35. The molecule has 23 heavy (non-hydrogen) atoms. The van der Waals surface area contributed by atoms with Gasteiger partial charge in [-0.25, -0.2) is 0 Å². The van der Waals surface area contributed by atoms with Gasteiger partial charge in [0.05, 0.1) is 0 Å². The Labute approximate surface area is 137 Å². The Bertz CT molecular complexity index is 557. The van der Waals surface area contributed by atoms with Crippen LogP contribution in [-0.2, 0) is 20.9 Å². The first kappa shape index (κ1) is 16.0. The fourth-order valence-electron chi connectivity index (χ4n) is 3.20. The average Bonchev–Trinajstić information content (AvgIpc) is 3.38. The molecule has 2 aliphatic rings. The summed E-state index contributed by atoms with van der Waals surface area (Å²) in [5.74, 6) is 0.188. The van der Waals surface area contributed by atoms with E-state index in [1.807, 2.05) is 35.2 Å². The number of carbonyl (C=O) groups is 2. The number of rotatable bonds is 6. The quantitative estimate of drug-likeness (QED) is 0.869. The number of piperidine rings is 1. The van der Waals surface area contributed by atoms with E-state index in [2.05, 4.69) is 5.32 Å². The highest BCUT2D eigenvalue weighted by Gasteiger charge is 2.38. The lowest BCUT2D eigenvalue weighted by atomic mass is 10.0. The predicted molar refractivity (Wildman–Crippen MR) is 86.5 cm³/mol. The van der Waals surface area contributed by atoms with Crippen molar-refractivity contribution in [3.63, 3.8) is 0 Å². The lowest BCUT2D eigenvalue weighted by Crippen LogP contribution is -2.54. The SMILES string of the molecule is COC(C(=O)NC1CCCN(Cc2ccccc2)C1=O)C1CC1. The molecule has 3 rings (SSSR count). The summed E-state index contributed by atoms with van der Waals surface area (Å²) in [7, 11) is 1.56. The number of hydrogen-bond acceptors (Lipinski definition) is 3. The largest absolute Gasteiger partial charge is 0.371 e. The van der Waals surface area contributed by atoms with Crippen LogP contribution in [-0.4, -0.2) is 42.5 Å². The number of likely N-dealkylation sites (tertiary alicyclic amines) is 1. The molecule has 1 heterocycles. The Hall–Kier alpha value is -1.88. The molecule has 124 valence electrons. The van der Waals surface area contributed by atoms with Crippen LogP contribution in [0.1, 0.15) is 31.2 Å². The van der Waals surface area contributed by atoms with Gasteiger partial charge in [-0.05, 0) is 37.2 Å². The van der Waals surface area contributed by atoms with Crippen LogP contribution in [0.2, 0.25) is 0 Å². The Morgan fingerprint density at radius 1 is 1.30 bits per heavy atom. The van der Waals surface area contributed by atoms with E-state index < -0.39 is 12.1 Å². The molecule has 1 saturated heterocycles.